The van der Waals surface area contributed by atoms with E-state index in [0.29, 0.717) is 23.7 Å². The molecule has 3 heterocycles. The van der Waals surface area contributed by atoms with Crippen LogP contribution >= 0.6 is 0 Å². The molecule has 5 rings (SSSR count). The second-order valence-electron chi connectivity index (χ2n) is 8.54. The van der Waals surface area contributed by atoms with Crippen LogP contribution in [0.2, 0.25) is 0 Å². The number of rotatable bonds is 8. The first-order chi connectivity index (χ1) is 17.6. The summed E-state index contributed by atoms with van der Waals surface area (Å²) in [4.78, 5) is 14.2. The van der Waals surface area contributed by atoms with Crippen LogP contribution in [0.1, 0.15) is 18.2 Å². The number of imidazole rings is 1. The number of ether oxygens (including phenoxy) is 3. The van der Waals surface area contributed by atoms with Crippen molar-refractivity contribution in [3.8, 4) is 23.2 Å². The van der Waals surface area contributed by atoms with Crippen molar-refractivity contribution < 1.29 is 32.3 Å². The molecule has 14 heteroatoms. The Morgan fingerprint density at radius 2 is 1.89 bits per heavy atom. The minimum atomic E-state index is -4.42. The van der Waals surface area contributed by atoms with Gasteiger partial charge in [-0.3, -0.25) is 4.57 Å². The summed E-state index contributed by atoms with van der Waals surface area (Å²) in [6.45, 7) is 2.25. The molecule has 2 aromatic carbocycles. The van der Waals surface area contributed by atoms with E-state index in [1.807, 2.05) is 6.92 Å². The van der Waals surface area contributed by atoms with E-state index in [1.165, 1.54) is 23.0 Å². The standard InChI is InChI=1S/C23H19F3N6O5/c1-22(13-30-11-20(32(33)34)27-21(30)37-22)14-36-19-5-3-2-4-18(19)31-10-16(28-29-31)12-35-17-8-6-15(7-9-17)23(24,25)26/h2-11H,12-14H2,1H3/t22-/m1/s1. The molecule has 192 valence electrons. The largest absolute Gasteiger partial charge is 0.487 e. The molecule has 11 nitrogen and oxygen atoms in total. The highest BCUT2D eigenvalue weighted by molar-refractivity contribution is 5.46. The summed E-state index contributed by atoms with van der Waals surface area (Å²) >= 11 is 0. The fourth-order valence-electron chi connectivity index (χ4n) is 3.74. The van der Waals surface area contributed by atoms with Crippen molar-refractivity contribution >= 4 is 5.82 Å². The van der Waals surface area contributed by atoms with Crippen molar-refractivity contribution in [2.45, 2.75) is 31.9 Å². The molecule has 0 amide bonds. The maximum absolute atomic E-state index is 12.7. The number of para-hydroxylation sites is 2. The van der Waals surface area contributed by atoms with Gasteiger partial charge in [-0.05, 0) is 48.2 Å². The van der Waals surface area contributed by atoms with Gasteiger partial charge in [0.1, 0.15) is 42.3 Å². The van der Waals surface area contributed by atoms with Gasteiger partial charge in [-0.15, -0.1) is 5.10 Å². The number of fused-ring (bicyclic) bond motifs is 1. The monoisotopic (exact) mass is 516 g/mol. The zero-order valence-corrected chi connectivity index (χ0v) is 19.3. The molecule has 0 spiro atoms. The number of halogens is 3. The topological polar surface area (TPSA) is 119 Å². The van der Waals surface area contributed by atoms with Crippen molar-refractivity contribution in [2.75, 3.05) is 6.61 Å². The number of aromatic nitrogens is 5. The summed E-state index contributed by atoms with van der Waals surface area (Å²) < 4.78 is 58.6. The molecule has 0 fully saturated rings. The first-order valence-electron chi connectivity index (χ1n) is 10.9. The van der Waals surface area contributed by atoms with Crippen molar-refractivity contribution in [1.82, 2.24) is 24.5 Å². The third-order valence-electron chi connectivity index (χ3n) is 5.51. The zero-order chi connectivity index (χ0) is 26.2. The Labute approximate surface area is 207 Å². The average Bonchev–Trinajstić information content (AvgIpc) is 3.55. The van der Waals surface area contributed by atoms with Crippen LogP contribution in [-0.2, 0) is 19.3 Å². The van der Waals surface area contributed by atoms with Crippen LogP contribution in [0.3, 0.4) is 0 Å². The van der Waals surface area contributed by atoms with Gasteiger partial charge in [-0.25, -0.2) is 4.68 Å². The highest BCUT2D eigenvalue weighted by Gasteiger charge is 2.41. The smallest absolute Gasteiger partial charge is 0.416 e. The Bertz CT molecular complexity index is 1410. The molecule has 0 saturated heterocycles. The molecule has 0 radical (unpaired) electrons. The normalized spacial score (nSPS) is 16.8. The highest BCUT2D eigenvalue weighted by atomic mass is 19.4. The first-order valence-corrected chi connectivity index (χ1v) is 10.9. The van der Waals surface area contributed by atoms with Crippen LogP contribution in [0.15, 0.2) is 60.9 Å². The quantitative estimate of drug-likeness (QED) is 0.253. The average molecular weight is 516 g/mol. The second-order valence-corrected chi connectivity index (χ2v) is 8.54. The second kappa shape index (κ2) is 9.11. The van der Waals surface area contributed by atoms with E-state index in [-0.39, 0.29) is 30.8 Å². The lowest BCUT2D eigenvalue weighted by Crippen LogP contribution is -2.38. The molecule has 0 bridgehead atoms. The Morgan fingerprint density at radius 1 is 1.14 bits per heavy atom. The van der Waals surface area contributed by atoms with E-state index in [4.69, 9.17) is 14.2 Å². The third kappa shape index (κ3) is 5.17. The van der Waals surface area contributed by atoms with Crippen molar-refractivity contribution in [3.63, 3.8) is 0 Å². The van der Waals surface area contributed by atoms with E-state index in [2.05, 4.69) is 15.3 Å². The number of nitro groups is 1. The minimum Gasteiger partial charge on any atom is -0.487 e. The van der Waals surface area contributed by atoms with Crippen molar-refractivity contribution in [3.05, 3.63) is 82.3 Å². The molecule has 2 aromatic heterocycles. The Hall–Kier alpha value is -4.62. The summed E-state index contributed by atoms with van der Waals surface area (Å²) in [5, 5.41) is 19.1. The molecule has 0 unspecified atom stereocenters. The lowest BCUT2D eigenvalue weighted by molar-refractivity contribution is -0.389. The molecule has 1 aliphatic heterocycles. The molecule has 1 atom stereocenters. The summed E-state index contributed by atoms with van der Waals surface area (Å²) in [7, 11) is 0. The molecule has 37 heavy (non-hydrogen) atoms. The van der Waals surface area contributed by atoms with E-state index < -0.39 is 22.3 Å². The molecule has 0 aliphatic carbocycles. The van der Waals surface area contributed by atoms with Gasteiger partial charge in [0, 0.05) is 4.98 Å². The number of alkyl halides is 3. The molecule has 0 saturated carbocycles. The minimum absolute atomic E-state index is 0.00208. The fraction of sp³-hybridized carbons (Fsp3) is 0.261. The van der Waals surface area contributed by atoms with Gasteiger partial charge >= 0.3 is 18.0 Å². The fourth-order valence-corrected chi connectivity index (χ4v) is 3.74. The van der Waals surface area contributed by atoms with E-state index in [9.17, 15) is 23.3 Å². The van der Waals surface area contributed by atoms with Crippen LogP contribution < -0.4 is 14.2 Å². The Balaban J connectivity index is 1.22. The van der Waals surface area contributed by atoms with E-state index in [0.717, 1.165) is 12.1 Å². The zero-order valence-electron chi connectivity index (χ0n) is 19.3. The number of hydrogen-bond donors (Lipinski definition) is 0. The molecular weight excluding hydrogens is 497 g/mol. The van der Waals surface area contributed by atoms with Crippen molar-refractivity contribution in [1.29, 1.82) is 0 Å². The lowest BCUT2D eigenvalue weighted by Gasteiger charge is -2.22. The molecule has 0 N–H and O–H groups in total. The van der Waals surface area contributed by atoms with Gasteiger partial charge in [-0.2, -0.15) is 13.2 Å². The SMILES string of the molecule is C[C@]1(COc2ccccc2-n2cc(COc3ccc(C(F)(F)F)cc3)nn2)Cn2cc([N+](=O)[O-])nc2O1. The predicted molar refractivity (Wildman–Crippen MR) is 121 cm³/mol. The number of benzene rings is 2. The van der Waals surface area contributed by atoms with Crippen LogP contribution in [0.4, 0.5) is 19.0 Å². The maximum atomic E-state index is 12.7. The summed E-state index contributed by atoms with van der Waals surface area (Å²) in [5.41, 5.74) is -0.517. The Morgan fingerprint density at radius 3 is 2.59 bits per heavy atom. The number of hydrogen-bond acceptors (Lipinski definition) is 8. The molecule has 1 aliphatic rings. The third-order valence-corrected chi connectivity index (χ3v) is 5.51. The molecule has 4 aromatic rings. The van der Waals surface area contributed by atoms with Gasteiger partial charge < -0.3 is 24.3 Å². The first kappa shape index (κ1) is 24.1. The predicted octanol–water partition coefficient (Wildman–Crippen LogP) is 4.20. The summed E-state index contributed by atoms with van der Waals surface area (Å²) in [6, 6.07) is 11.6. The summed E-state index contributed by atoms with van der Waals surface area (Å²) in [6.07, 6.45) is -1.48. The van der Waals surface area contributed by atoms with Crippen molar-refractivity contribution in [2.24, 2.45) is 0 Å². The van der Waals surface area contributed by atoms with Crippen LogP contribution in [0.5, 0.6) is 17.5 Å². The van der Waals surface area contributed by atoms with Gasteiger partial charge in [0.05, 0.1) is 18.3 Å². The van der Waals surface area contributed by atoms with Crippen LogP contribution in [0.25, 0.3) is 5.69 Å². The summed E-state index contributed by atoms with van der Waals surface area (Å²) in [5.74, 6) is 0.469. The Kier molecular flexibility index (Phi) is 5.93. The highest BCUT2D eigenvalue weighted by Crippen LogP contribution is 2.33. The maximum Gasteiger partial charge on any atom is 0.416 e. The molecular formula is C23H19F3N6O5. The van der Waals surface area contributed by atoms with Crippen LogP contribution in [0, 0.1) is 10.1 Å². The van der Waals surface area contributed by atoms with Gasteiger partial charge in [-0.1, -0.05) is 17.3 Å². The van der Waals surface area contributed by atoms with Crippen LogP contribution in [-0.4, -0.2) is 41.7 Å². The lowest BCUT2D eigenvalue weighted by atomic mass is 10.1. The van der Waals surface area contributed by atoms with Gasteiger partial charge in [0.2, 0.25) is 0 Å². The van der Waals surface area contributed by atoms with Gasteiger partial charge in [0.25, 0.3) is 0 Å². The number of nitrogens with zero attached hydrogens (tertiary/aromatic N) is 6. The van der Waals surface area contributed by atoms with E-state index in [1.54, 1.807) is 35.0 Å². The van der Waals surface area contributed by atoms with Gasteiger partial charge in [0.15, 0.2) is 5.60 Å². The van der Waals surface area contributed by atoms with E-state index >= 15 is 0 Å².